The summed E-state index contributed by atoms with van der Waals surface area (Å²) in [5.74, 6) is -0.398. The third-order valence-electron chi connectivity index (χ3n) is 3.23. The fourth-order valence-corrected chi connectivity index (χ4v) is 2.24. The number of hydrogen-bond donors (Lipinski definition) is 1. The zero-order valence-corrected chi connectivity index (χ0v) is 11.7. The topological polar surface area (TPSA) is 74.5 Å². The van der Waals surface area contributed by atoms with Gasteiger partial charge in [0.25, 0.3) is 0 Å². The van der Waals surface area contributed by atoms with Crippen LogP contribution in [0.15, 0.2) is 42.9 Å². The average molecular weight is 284 g/mol. The Balaban J connectivity index is 1.73. The summed E-state index contributed by atoms with van der Waals surface area (Å²) < 4.78 is 8.96. The molecule has 0 fully saturated rings. The largest absolute Gasteiger partial charge is 0.454 e. The van der Waals surface area contributed by atoms with Gasteiger partial charge in [0, 0.05) is 25.1 Å². The maximum atomic E-state index is 12.1. The maximum Gasteiger partial charge on any atom is 0.355 e. The maximum absolute atomic E-state index is 12.1. The second kappa shape index (κ2) is 5.32. The fourth-order valence-electron chi connectivity index (χ4n) is 2.24. The molecule has 0 saturated heterocycles. The van der Waals surface area contributed by atoms with Crippen LogP contribution in [0.2, 0.25) is 0 Å². The first-order valence-corrected chi connectivity index (χ1v) is 6.72. The monoisotopic (exact) mass is 284 g/mol. The van der Waals surface area contributed by atoms with Crippen LogP contribution in [-0.4, -0.2) is 19.9 Å². The van der Waals surface area contributed by atoms with E-state index in [1.165, 1.54) is 0 Å². The first-order valence-electron chi connectivity index (χ1n) is 6.72. The van der Waals surface area contributed by atoms with Gasteiger partial charge in [0.1, 0.15) is 17.9 Å². The molecule has 21 heavy (non-hydrogen) atoms. The number of aromatic nitrogens is 3. The molecule has 0 aliphatic carbocycles. The summed E-state index contributed by atoms with van der Waals surface area (Å²) >= 11 is 0. The number of nitrogen functional groups attached to an aromatic ring is 1. The molecule has 0 aliphatic rings. The van der Waals surface area contributed by atoms with Crippen molar-refractivity contribution >= 4 is 17.3 Å². The zero-order chi connectivity index (χ0) is 14.8. The van der Waals surface area contributed by atoms with Gasteiger partial charge in [-0.05, 0) is 25.1 Å². The summed E-state index contributed by atoms with van der Waals surface area (Å²) in [5, 5.41) is 0. The minimum atomic E-state index is -0.398. The highest BCUT2D eigenvalue weighted by Gasteiger charge is 2.14. The number of ether oxygens (including phenoxy) is 1. The van der Waals surface area contributed by atoms with Gasteiger partial charge in [-0.25, -0.2) is 9.78 Å². The van der Waals surface area contributed by atoms with E-state index in [1.54, 1.807) is 16.8 Å². The number of aryl methyl sites for hydroxylation is 1. The molecule has 0 aliphatic heterocycles. The van der Waals surface area contributed by atoms with Crippen molar-refractivity contribution in [1.82, 2.24) is 14.0 Å². The van der Waals surface area contributed by atoms with Crippen LogP contribution in [0.3, 0.4) is 0 Å². The number of carbonyl (C=O) groups is 1. The molecule has 3 heterocycles. The van der Waals surface area contributed by atoms with E-state index in [-0.39, 0.29) is 6.61 Å². The van der Waals surface area contributed by atoms with Crippen molar-refractivity contribution in [3.05, 3.63) is 54.2 Å². The molecule has 2 N–H and O–H groups in total. The van der Waals surface area contributed by atoms with Crippen LogP contribution < -0.4 is 5.73 Å². The number of pyridine rings is 1. The van der Waals surface area contributed by atoms with Crippen molar-refractivity contribution < 1.29 is 9.53 Å². The first kappa shape index (κ1) is 13.2. The van der Waals surface area contributed by atoms with Crippen LogP contribution in [0, 0.1) is 0 Å². The SMILES string of the molecule is CCn1cc(N)cc1C(=O)OCc1cn2ccccc2n1. The quantitative estimate of drug-likeness (QED) is 0.744. The highest BCUT2D eigenvalue weighted by atomic mass is 16.5. The zero-order valence-electron chi connectivity index (χ0n) is 11.7. The molecule has 3 aromatic heterocycles. The molecule has 0 amide bonds. The van der Waals surface area contributed by atoms with Crippen molar-refractivity contribution in [2.75, 3.05) is 5.73 Å². The average Bonchev–Trinajstić information content (AvgIpc) is 3.07. The second-order valence-corrected chi connectivity index (χ2v) is 4.72. The molecule has 0 spiro atoms. The van der Waals surface area contributed by atoms with Gasteiger partial charge in [0.2, 0.25) is 0 Å². The summed E-state index contributed by atoms with van der Waals surface area (Å²) in [6.45, 7) is 2.74. The Hall–Kier alpha value is -2.76. The summed E-state index contributed by atoms with van der Waals surface area (Å²) in [5.41, 5.74) is 8.25. The lowest BCUT2D eigenvalue weighted by Gasteiger charge is -2.05. The lowest BCUT2D eigenvalue weighted by Crippen LogP contribution is -2.11. The summed E-state index contributed by atoms with van der Waals surface area (Å²) in [6, 6.07) is 7.35. The standard InChI is InChI=1S/C15H16N4O2/c1-2-18-8-11(16)7-13(18)15(20)21-10-12-9-19-6-4-3-5-14(19)17-12/h3-9H,2,10,16H2,1H3. The number of carbonyl (C=O) groups excluding carboxylic acids is 1. The van der Waals surface area contributed by atoms with E-state index in [2.05, 4.69) is 4.98 Å². The van der Waals surface area contributed by atoms with Crippen LogP contribution in [0.5, 0.6) is 0 Å². The van der Waals surface area contributed by atoms with Crippen LogP contribution in [0.1, 0.15) is 23.1 Å². The third-order valence-corrected chi connectivity index (χ3v) is 3.23. The van der Waals surface area contributed by atoms with E-state index in [1.807, 2.05) is 41.9 Å². The number of anilines is 1. The van der Waals surface area contributed by atoms with Gasteiger partial charge < -0.3 is 19.4 Å². The van der Waals surface area contributed by atoms with Crippen molar-refractivity contribution in [2.24, 2.45) is 0 Å². The number of nitrogens with zero attached hydrogens (tertiary/aromatic N) is 3. The summed E-state index contributed by atoms with van der Waals surface area (Å²) in [4.78, 5) is 16.5. The number of rotatable bonds is 4. The molecular formula is C15H16N4O2. The minimum absolute atomic E-state index is 0.134. The Bertz CT molecular complexity index is 755. The molecule has 0 atom stereocenters. The van der Waals surface area contributed by atoms with Gasteiger partial charge in [0.15, 0.2) is 0 Å². The number of imidazole rings is 1. The third kappa shape index (κ3) is 2.60. The molecule has 0 unspecified atom stereocenters. The molecule has 0 aromatic carbocycles. The van der Waals surface area contributed by atoms with Crippen molar-refractivity contribution in [3.63, 3.8) is 0 Å². The molecule has 6 nitrogen and oxygen atoms in total. The Morgan fingerprint density at radius 3 is 3.00 bits per heavy atom. The number of hydrogen-bond acceptors (Lipinski definition) is 4. The van der Waals surface area contributed by atoms with Gasteiger partial charge in [-0.3, -0.25) is 0 Å². The fraction of sp³-hybridized carbons (Fsp3) is 0.200. The van der Waals surface area contributed by atoms with E-state index in [4.69, 9.17) is 10.5 Å². The number of nitrogens with two attached hydrogens (primary N) is 1. The highest BCUT2D eigenvalue weighted by molar-refractivity contribution is 5.89. The van der Waals surface area contributed by atoms with Crippen LogP contribution in [0.25, 0.3) is 5.65 Å². The van der Waals surface area contributed by atoms with Gasteiger partial charge >= 0.3 is 5.97 Å². The smallest absolute Gasteiger partial charge is 0.355 e. The van der Waals surface area contributed by atoms with Crippen LogP contribution in [0.4, 0.5) is 5.69 Å². The Kier molecular flexibility index (Phi) is 3.35. The molecule has 6 heteroatoms. The van der Waals surface area contributed by atoms with E-state index in [0.717, 1.165) is 5.65 Å². The summed E-state index contributed by atoms with van der Waals surface area (Å²) in [7, 11) is 0. The lowest BCUT2D eigenvalue weighted by molar-refractivity contribution is 0.0456. The molecule has 0 bridgehead atoms. The van der Waals surface area contributed by atoms with Gasteiger partial charge in [-0.1, -0.05) is 6.07 Å². The second-order valence-electron chi connectivity index (χ2n) is 4.72. The summed E-state index contributed by atoms with van der Waals surface area (Å²) in [6.07, 6.45) is 5.47. The van der Waals surface area contributed by atoms with E-state index >= 15 is 0 Å². The van der Waals surface area contributed by atoms with E-state index < -0.39 is 5.97 Å². The molecule has 108 valence electrons. The van der Waals surface area contributed by atoms with Crippen molar-refractivity contribution in [1.29, 1.82) is 0 Å². The van der Waals surface area contributed by atoms with Crippen molar-refractivity contribution in [2.45, 2.75) is 20.1 Å². The number of esters is 1. The van der Waals surface area contributed by atoms with Crippen LogP contribution >= 0.6 is 0 Å². The Labute approximate surface area is 121 Å². The predicted octanol–water partition coefficient (Wildman–Crippen LogP) is 2.09. The first-order chi connectivity index (χ1) is 10.2. The van der Waals surface area contributed by atoms with Gasteiger partial charge in [0.05, 0.1) is 11.4 Å². The molecule has 0 radical (unpaired) electrons. The van der Waals surface area contributed by atoms with Gasteiger partial charge in [-0.15, -0.1) is 0 Å². The van der Waals surface area contributed by atoms with Gasteiger partial charge in [-0.2, -0.15) is 0 Å². The molecular weight excluding hydrogens is 268 g/mol. The molecule has 3 rings (SSSR count). The lowest BCUT2D eigenvalue weighted by atomic mass is 10.4. The molecule has 3 aromatic rings. The Morgan fingerprint density at radius 2 is 2.24 bits per heavy atom. The highest BCUT2D eigenvalue weighted by Crippen LogP contribution is 2.13. The van der Waals surface area contributed by atoms with E-state index in [9.17, 15) is 4.79 Å². The number of fused-ring (bicyclic) bond motifs is 1. The molecule has 0 saturated carbocycles. The normalized spacial score (nSPS) is 10.9. The van der Waals surface area contributed by atoms with Crippen LogP contribution in [-0.2, 0) is 17.9 Å². The Morgan fingerprint density at radius 1 is 1.38 bits per heavy atom. The predicted molar refractivity (Wildman–Crippen MR) is 78.8 cm³/mol. The van der Waals surface area contributed by atoms with E-state index in [0.29, 0.717) is 23.6 Å². The minimum Gasteiger partial charge on any atom is -0.454 e. The van der Waals surface area contributed by atoms with Crippen molar-refractivity contribution in [3.8, 4) is 0 Å².